The smallest absolute Gasteiger partial charge is 0.254 e. The number of carbonyl (C=O) groups is 1. The molecule has 1 saturated heterocycles. The van der Waals surface area contributed by atoms with Gasteiger partial charge in [0.05, 0.1) is 38.7 Å². The van der Waals surface area contributed by atoms with E-state index in [1.807, 2.05) is 41.6 Å². The molecule has 0 aliphatic carbocycles. The molecule has 0 spiro atoms. The Morgan fingerprint density at radius 2 is 1.97 bits per heavy atom. The third-order valence-corrected chi connectivity index (χ3v) is 6.33. The Balaban J connectivity index is 1.43. The maximum atomic E-state index is 12.7. The van der Waals surface area contributed by atoms with E-state index < -0.39 is 0 Å². The molecule has 1 atom stereocenters. The van der Waals surface area contributed by atoms with E-state index in [-0.39, 0.29) is 18.6 Å². The first-order chi connectivity index (χ1) is 16.6. The number of rotatable bonds is 10. The molecule has 4 rings (SSSR count). The van der Waals surface area contributed by atoms with Gasteiger partial charge >= 0.3 is 0 Å². The van der Waals surface area contributed by atoms with Crippen LogP contribution < -0.4 is 4.90 Å². The van der Waals surface area contributed by atoms with Crippen molar-refractivity contribution in [2.75, 3.05) is 58.0 Å². The second kappa shape index (κ2) is 11.5. The van der Waals surface area contributed by atoms with Crippen LogP contribution in [0.3, 0.4) is 0 Å². The van der Waals surface area contributed by atoms with Crippen LogP contribution in [0.4, 0.5) is 5.82 Å². The molecular weight excluding hydrogens is 432 g/mol. The van der Waals surface area contributed by atoms with E-state index in [1.165, 1.54) is 0 Å². The van der Waals surface area contributed by atoms with E-state index in [2.05, 4.69) is 40.4 Å². The van der Waals surface area contributed by atoms with Crippen molar-refractivity contribution in [2.45, 2.75) is 25.9 Å². The molecular formula is C26H34N4O4. The third kappa shape index (κ3) is 5.58. The number of benzene rings is 1. The van der Waals surface area contributed by atoms with Gasteiger partial charge in [0.15, 0.2) is 0 Å². The number of morpholine rings is 1. The van der Waals surface area contributed by atoms with Gasteiger partial charge in [-0.25, -0.2) is 4.98 Å². The average Bonchev–Trinajstić information content (AvgIpc) is 3.32. The lowest BCUT2D eigenvalue weighted by atomic mass is 10.0. The molecule has 8 nitrogen and oxygen atoms in total. The first-order valence-electron chi connectivity index (χ1n) is 12.0. The maximum Gasteiger partial charge on any atom is 0.254 e. The molecule has 3 heterocycles. The Morgan fingerprint density at radius 1 is 1.21 bits per heavy atom. The van der Waals surface area contributed by atoms with E-state index in [0.717, 1.165) is 42.0 Å². The van der Waals surface area contributed by atoms with Crippen molar-refractivity contribution in [2.24, 2.45) is 0 Å². The zero-order chi connectivity index (χ0) is 23.9. The van der Waals surface area contributed by atoms with E-state index >= 15 is 0 Å². The van der Waals surface area contributed by atoms with Crippen molar-refractivity contribution in [3.8, 4) is 11.1 Å². The summed E-state index contributed by atoms with van der Waals surface area (Å²) in [6.45, 7) is 5.84. The number of ether oxygens (including phenoxy) is 2. The molecule has 34 heavy (non-hydrogen) atoms. The molecule has 2 aromatic heterocycles. The van der Waals surface area contributed by atoms with Crippen molar-refractivity contribution >= 4 is 17.4 Å². The highest BCUT2D eigenvalue weighted by Crippen LogP contribution is 2.24. The Kier molecular flexibility index (Phi) is 8.16. The molecule has 8 heteroatoms. The third-order valence-electron chi connectivity index (χ3n) is 6.33. The van der Waals surface area contributed by atoms with Crippen LogP contribution >= 0.6 is 0 Å². The molecule has 3 aromatic rings. The van der Waals surface area contributed by atoms with Crippen LogP contribution in [0.15, 0.2) is 48.8 Å². The Labute approximate surface area is 200 Å². The number of nitrogens with zero attached hydrogens (tertiary/aromatic N) is 4. The monoisotopic (exact) mass is 466 g/mol. The van der Waals surface area contributed by atoms with Crippen LogP contribution in [0.25, 0.3) is 16.8 Å². The summed E-state index contributed by atoms with van der Waals surface area (Å²) < 4.78 is 13.1. The minimum Gasteiger partial charge on any atom is -0.394 e. The van der Waals surface area contributed by atoms with Crippen molar-refractivity contribution in [3.05, 3.63) is 54.4 Å². The summed E-state index contributed by atoms with van der Waals surface area (Å²) in [5, 5.41) is 8.99. The fraction of sp³-hybridized carbons (Fsp3) is 0.462. The van der Waals surface area contributed by atoms with Gasteiger partial charge in [0.1, 0.15) is 11.5 Å². The van der Waals surface area contributed by atoms with Crippen molar-refractivity contribution in [1.82, 2.24) is 14.3 Å². The molecule has 0 saturated carbocycles. The fourth-order valence-electron chi connectivity index (χ4n) is 4.26. The first-order valence-corrected chi connectivity index (χ1v) is 12.0. The van der Waals surface area contributed by atoms with E-state index in [0.29, 0.717) is 38.5 Å². The van der Waals surface area contributed by atoms with Crippen molar-refractivity contribution < 1.29 is 19.4 Å². The topological polar surface area (TPSA) is 79.5 Å². The summed E-state index contributed by atoms with van der Waals surface area (Å²) in [7, 11) is 2.06. The molecule has 0 radical (unpaired) electrons. The summed E-state index contributed by atoms with van der Waals surface area (Å²) in [5.74, 6) is 1.07. The van der Waals surface area contributed by atoms with Gasteiger partial charge in [0.2, 0.25) is 0 Å². The average molecular weight is 467 g/mol. The Hall–Kier alpha value is -2.94. The second-order valence-corrected chi connectivity index (χ2v) is 8.58. The van der Waals surface area contributed by atoms with Gasteiger partial charge in [-0.3, -0.25) is 9.20 Å². The fourth-order valence-corrected chi connectivity index (χ4v) is 4.26. The first kappa shape index (κ1) is 24.2. The number of pyridine rings is 1. The van der Waals surface area contributed by atoms with Gasteiger partial charge in [-0.2, -0.15) is 0 Å². The predicted octanol–water partition coefficient (Wildman–Crippen LogP) is 3.09. The zero-order valence-corrected chi connectivity index (χ0v) is 20.0. The Bertz CT molecular complexity index is 1080. The van der Waals surface area contributed by atoms with Gasteiger partial charge in [-0.15, -0.1) is 0 Å². The molecule has 1 aliphatic rings. The number of hydrogen-bond acceptors (Lipinski definition) is 6. The number of hydrogen-bond donors (Lipinski definition) is 1. The number of aromatic nitrogens is 2. The number of carbonyl (C=O) groups excluding carboxylic acids is 1. The summed E-state index contributed by atoms with van der Waals surface area (Å²) in [5.41, 5.74) is 3.67. The summed E-state index contributed by atoms with van der Waals surface area (Å²) in [4.78, 5) is 21.3. The molecule has 1 amide bonds. The summed E-state index contributed by atoms with van der Waals surface area (Å²) in [6.07, 6.45) is 5.86. The molecule has 1 aliphatic heterocycles. The number of anilines is 1. The van der Waals surface area contributed by atoms with Crippen LogP contribution in [0.5, 0.6) is 0 Å². The lowest BCUT2D eigenvalue weighted by Gasteiger charge is -2.26. The van der Waals surface area contributed by atoms with Crippen LogP contribution in [-0.4, -0.2) is 84.5 Å². The number of amides is 1. The zero-order valence-electron chi connectivity index (χ0n) is 20.0. The van der Waals surface area contributed by atoms with Crippen LogP contribution in [0.1, 0.15) is 30.1 Å². The summed E-state index contributed by atoms with van der Waals surface area (Å²) >= 11 is 0. The second-order valence-electron chi connectivity index (χ2n) is 8.58. The highest BCUT2D eigenvalue weighted by atomic mass is 16.5. The highest BCUT2D eigenvalue weighted by molar-refractivity contribution is 5.94. The van der Waals surface area contributed by atoms with Gasteiger partial charge in [0.25, 0.3) is 5.91 Å². The van der Waals surface area contributed by atoms with Crippen LogP contribution in [0, 0.1) is 0 Å². The van der Waals surface area contributed by atoms with Gasteiger partial charge < -0.3 is 24.4 Å². The molecule has 1 fully saturated rings. The van der Waals surface area contributed by atoms with Crippen LogP contribution in [0.2, 0.25) is 0 Å². The maximum absolute atomic E-state index is 12.7. The Morgan fingerprint density at radius 3 is 2.68 bits per heavy atom. The molecule has 1 unspecified atom stereocenters. The van der Waals surface area contributed by atoms with Gasteiger partial charge in [-0.05, 0) is 48.2 Å². The minimum atomic E-state index is 0.0504. The quantitative estimate of drug-likeness (QED) is 0.495. The predicted molar refractivity (Wildman–Crippen MR) is 132 cm³/mol. The minimum absolute atomic E-state index is 0.0504. The SMILES string of the molecule is CCC(CCN(C)c1cnc2cc(-c3ccc(C(=O)N4CCOCC4)cc3)ccn12)OCCO. The number of fused-ring (bicyclic) bond motifs is 1. The number of aliphatic hydroxyl groups is 1. The van der Waals surface area contributed by atoms with Crippen LogP contribution in [-0.2, 0) is 9.47 Å². The normalized spacial score (nSPS) is 15.0. The number of imidazole rings is 1. The van der Waals surface area contributed by atoms with Gasteiger partial charge in [-0.1, -0.05) is 19.1 Å². The van der Waals surface area contributed by atoms with Crippen molar-refractivity contribution in [3.63, 3.8) is 0 Å². The largest absolute Gasteiger partial charge is 0.394 e. The lowest BCUT2D eigenvalue weighted by molar-refractivity contribution is 0.0234. The lowest BCUT2D eigenvalue weighted by Crippen LogP contribution is -2.40. The summed E-state index contributed by atoms with van der Waals surface area (Å²) in [6, 6.07) is 11.9. The molecule has 1 aromatic carbocycles. The van der Waals surface area contributed by atoms with E-state index in [4.69, 9.17) is 14.6 Å². The molecule has 0 bridgehead atoms. The van der Waals surface area contributed by atoms with E-state index in [1.54, 1.807) is 0 Å². The highest BCUT2D eigenvalue weighted by Gasteiger charge is 2.18. The van der Waals surface area contributed by atoms with Crippen molar-refractivity contribution in [1.29, 1.82) is 0 Å². The number of aliphatic hydroxyl groups excluding tert-OH is 1. The molecule has 1 N–H and O–H groups in total. The molecule has 182 valence electrons. The standard InChI is InChI=1S/C26H34N4O4/c1-3-23(34-17-14-31)9-10-28(2)25-19-27-24-18-22(8-11-30(24)25)20-4-6-21(7-5-20)26(32)29-12-15-33-16-13-29/h4-8,11,18-19,23,31H,3,9-10,12-17H2,1-2H3. The van der Waals surface area contributed by atoms with Gasteiger partial charge in [0, 0.05) is 38.4 Å². The van der Waals surface area contributed by atoms with E-state index in [9.17, 15) is 4.79 Å².